The molecule has 0 saturated carbocycles. The van der Waals surface area contributed by atoms with E-state index in [1.165, 1.54) is 24.5 Å². The van der Waals surface area contributed by atoms with E-state index >= 15 is 0 Å². The first kappa shape index (κ1) is 23.7. The van der Waals surface area contributed by atoms with Crippen molar-refractivity contribution in [2.24, 2.45) is 0 Å². The second-order valence-electron chi connectivity index (χ2n) is 6.67. The van der Waals surface area contributed by atoms with E-state index in [0.717, 1.165) is 30.5 Å². The summed E-state index contributed by atoms with van der Waals surface area (Å²) >= 11 is 0. The van der Waals surface area contributed by atoms with Gasteiger partial charge in [0.15, 0.2) is 0 Å². The largest absolute Gasteiger partial charge is 0.472 e. The van der Waals surface area contributed by atoms with Gasteiger partial charge in [-0.2, -0.15) is 26.3 Å². The summed E-state index contributed by atoms with van der Waals surface area (Å²) in [5.74, 6) is -1.68. The first-order valence-corrected chi connectivity index (χ1v) is 9.20. The van der Waals surface area contributed by atoms with Crippen LogP contribution in [0.4, 0.5) is 43.4 Å². The minimum atomic E-state index is -4.85. The topological polar surface area (TPSA) is 83.4 Å². The molecule has 1 heterocycles. The van der Waals surface area contributed by atoms with Crippen LogP contribution in [0.15, 0.2) is 65.5 Å². The van der Waals surface area contributed by atoms with E-state index < -0.39 is 53.2 Å². The molecule has 0 atom stereocenters. The Morgan fingerprint density at radius 2 is 1.52 bits per heavy atom. The van der Waals surface area contributed by atoms with Gasteiger partial charge in [-0.05, 0) is 36.4 Å². The summed E-state index contributed by atoms with van der Waals surface area (Å²) < 4.78 is 84.3. The third-order valence-electron chi connectivity index (χ3n) is 4.31. The van der Waals surface area contributed by atoms with Gasteiger partial charge in [-0.15, -0.1) is 0 Å². The molecule has 0 saturated heterocycles. The predicted molar refractivity (Wildman–Crippen MR) is 107 cm³/mol. The summed E-state index contributed by atoms with van der Waals surface area (Å²) in [7, 11) is 0. The van der Waals surface area contributed by atoms with Crippen molar-refractivity contribution in [2.45, 2.75) is 12.4 Å². The number of carbonyl (C=O) groups excluding carboxylic acids is 2. The molecule has 0 aliphatic carbocycles. The lowest BCUT2D eigenvalue weighted by Gasteiger charge is -2.17. The summed E-state index contributed by atoms with van der Waals surface area (Å²) in [6.07, 6.45) is -7.23. The van der Waals surface area contributed by atoms with Crippen molar-refractivity contribution in [1.82, 2.24) is 0 Å². The molecule has 3 rings (SSSR count). The van der Waals surface area contributed by atoms with Crippen LogP contribution < -0.4 is 16.0 Å². The number of rotatable bonds is 6. The molecule has 0 spiro atoms. The fraction of sp³-hybridized carbons (Fsp3) is 0.143. The number of anilines is 3. The molecular formula is C21H15F6N3O3. The molecule has 6 nitrogen and oxygen atoms in total. The SMILES string of the molecule is O=C(CNc1ccc(NC(=O)c2ccoc2)cc1C(F)(F)F)Nc1ccccc1C(F)(F)F. The van der Waals surface area contributed by atoms with Crippen molar-refractivity contribution < 1.29 is 40.3 Å². The average Bonchev–Trinajstić information content (AvgIpc) is 3.27. The van der Waals surface area contributed by atoms with Crippen LogP contribution in [0.5, 0.6) is 0 Å². The number of nitrogens with one attached hydrogen (secondary N) is 3. The van der Waals surface area contributed by atoms with Gasteiger partial charge in [-0.3, -0.25) is 9.59 Å². The number of furan rings is 1. The van der Waals surface area contributed by atoms with E-state index in [4.69, 9.17) is 4.42 Å². The molecule has 0 radical (unpaired) electrons. The van der Waals surface area contributed by atoms with Crippen LogP contribution in [-0.2, 0) is 17.1 Å². The minimum absolute atomic E-state index is 0.0987. The Morgan fingerprint density at radius 1 is 0.818 bits per heavy atom. The summed E-state index contributed by atoms with van der Waals surface area (Å²) in [5.41, 5.74) is -3.36. The fourth-order valence-corrected chi connectivity index (χ4v) is 2.82. The number of carbonyl (C=O) groups is 2. The van der Waals surface area contributed by atoms with Crippen molar-refractivity contribution in [2.75, 3.05) is 22.5 Å². The normalized spacial score (nSPS) is 11.7. The highest BCUT2D eigenvalue weighted by atomic mass is 19.4. The van der Waals surface area contributed by atoms with Crippen molar-refractivity contribution >= 4 is 28.9 Å². The molecule has 1 aromatic heterocycles. The lowest BCUT2D eigenvalue weighted by Crippen LogP contribution is -2.24. The van der Waals surface area contributed by atoms with Crippen LogP contribution in [0.1, 0.15) is 21.5 Å². The zero-order valence-electron chi connectivity index (χ0n) is 16.5. The van der Waals surface area contributed by atoms with E-state index in [1.54, 1.807) is 0 Å². The van der Waals surface area contributed by atoms with Gasteiger partial charge >= 0.3 is 12.4 Å². The zero-order valence-corrected chi connectivity index (χ0v) is 16.5. The molecule has 12 heteroatoms. The molecule has 0 aliphatic rings. The van der Waals surface area contributed by atoms with Crippen LogP contribution in [0.25, 0.3) is 0 Å². The van der Waals surface area contributed by atoms with Gasteiger partial charge in [0.25, 0.3) is 5.91 Å². The van der Waals surface area contributed by atoms with Crippen LogP contribution >= 0.6 is 0 Å². The predicted octanol–water partition coefficient (Wildman–Crippen LogP) is 5.62. The second-order valence-corrected chi connectivity index (χ2v) is 6.67. The molecule has 0 bridgehead atoms. The molecule has 174 valence electrons. The second kappa shape index (κ2) is 9.27. The molecular weight excluding hydrogens is 456 g/mol. The standard InChI is InChI=1S/C21H15F6N3O3/c22-20(23,24)14-3-1-2-4-17(14)30-18(31)10-28-16-6-5-13(9-15(16)21(25,26)27)29-19(32)12-7-8-33-11-12/h1-9,11,28H,10H2,(H,29,32)(H,30,31). The van der Waals surface area contributed by atoms with E-state index in [-0.39, 0.29) is 11.3 Å². The maximum absolute atomic E-state index is 13.5. The Kier molecular flexibility index (Phi) is 6.65. The summed E-state index contributed by atoms with van der Waals surface area (Å²) in [5, 5.41) is 6.58. The zero-order chi connectivity index (χ0) is 24.2. The summed E-state index contributed by atoms with van der Waals surface area (Å²) in [4.78, 5) is 24.1. The molecule has 0 aliphatic heterocycles. The number of amides is 2. The number of hydrogen-bond donors (Lipinski definition) is 3. The fourth-order valence-electron chi connectivity index (χ4n) is 2.82. The Morgan fingerprint density at radius 3 is 2.15 bits per heavy atom. The first-order valence-electron chi connectivity index (χ1n) is 9.20. The highest BCUT2D eigenvalue weighted by Gasteiger charge is 2.35. The minimum Gasteiger partial charge on any atom is -0.472 e. The average molecular weight is 471 g/mol. The Bertz CT molecular complexity index is 1140. The van der Waals surface area contributed by atoms with Crippen LogP contribution in [0.2, 0.25) is 0 Å². The van der Waals surface area contributed by atoms with E-state index in [2.05, 4.69) is 10.6 Å². The van der Waals surface area contributed by atoms with Crippen molar-refractivity contribution in [3.63, 3.8) is 0 Å². The van der Waals surface area contributed by atoms with Crippen molar-refractivity contribution in [3.05, 3.63) is 77.7 Å². The molecule has 33 heavy (non-hydrogen) atoms. The van der Waals surface area contributed by atoms with Gasteiger partial charge in [-0.25, -0.2) is 0 Å². The number of alkyl halides is 6. The molecule has 0 fully saturated rings. The highest BCUT2D eigenvalue weighted by Crippen LogP contribution is 2.37. The van der Waals surface area contributed by atoms with Crippen molar-refractivity contribution in [3.8, 4) is 0 Å². The Hall–Kier alpha value is -3.96. The summed E-state index contributed by atoms with van der Waals surface area (Å²) in [6, 6.07) is 8.36. The van der Waals surface area contributed by atoms with Gasteiger partial charge in [0.05, 0.1) is 35.2 Å². The molecule has 3 aromatic rings. The van der Waals surface area contributed by atoms with Gasteiger partial charge in [0.2, 0.25) is 5.91 Å². The van der Waals surface area contributed by atoms with Gasteiger partial charge in [-0.1, -0.05) is 12.1 Å². The maximum Gasteiger partial charge on any atom is 0.418 e. The smallest absolute Gasteiger partial charge is 0.418 e. The van der Waals surface area contributed by atoms with E-state index in [1.807, 2.05) is 5.32 Å². The third kappa shape index (κ3) is 6.05. The lowest BCUT2D eigenvalue weighted by molar-refractivity contribution is -0.137. The molecule has 2 amide bonds. The molecule has 3 N–H and O–H groups in total. The maximum atomic E-state index is 13.5. The van der Waals surface area contributed by atoms with E-state index in [0.29, 0.717) is 6.07 Å². The van der Waals surface area contributed by atoms with E-state index in [9.17, 15) is 35.9 Å². The number of para-hydroxylation sites is 1. The number of halogens is 6. The van der Waals surface area contributed by atoms with Crippen LogP contribution in [0, 0.1) is 0 Å². The third-order valence-corrected chi connectivity index (χ3v) is 4.31. The first-order chi connectivity index (χ1) is 15.4. The lowest BCUT2D eigenvalue weighted by atomic mass is 10.1. The van der Waals surface area contributed by atoms with Crippen LogP contribution in [0.3, 0.4) is 0 Å². The van der Waals surface area contributed by atoms with Gasteiger partial charge < -0.3 is 20.4 Å². The van der Waals surface area contributed by atoms with Crippen molar-refractivity contribution in [1.29, 1.82) is 0 Å². The van der Waals surface area contributed by atoms with Crippen LogP contribution in [-0.4, -0.2) is 18.4 Å². The Labute approximate surface area is 182 Å². The molecule has 0 unspecified atom stereocenters. The Balaban J connectivity index is 1.73. The molecule has 2 aromatic carbocycles. The summed E-state index contributed by atoms with van der Waals surface area (Å²) in [6.45, 7) is -0.740. The quantitative estimate of drug-likeness (QED) is 0.408. The number of hydrogen-bond acceptors (Lipinski definition) is 4. The highest BCUT2D eigenvalue weighted by molar-refractivity contribution is 6.04. The number of benzene rings is 2. The monoisotopic (exact) mass is 471 g/mol. The van der Waals surface area contributed by atoms with Gasteiger partial charge in [0.1, 0.15) is 6.26 Å². The van der Waals surface area contributed by atoms with Gasteiger partial charge in [0, 0.05) is 11.4 Å².